The maximum absolute atomic E-state index is 12.9. The molecule has 0 aliphatic rings. The predicted octanol–water partition coefficient (Wildman–Crippen LogP) is 2.88. The van der Waals surface area contributed by atoms with E-state index in [1.165, 1.54) is 18.2 Å². The van der Waals surface area contributed by atoms with Gasteiger partial charge >= 0.3 is 5.69 Å². The van der Waals surface area contributed by atoms with Crippen molar-refractivity contribution in [2.75, 3.05) is 0 Å². The van der Waals surface area contributed by atoms with E-state index in [-0.39, 0.29) is 28.2 Å². The highest BCUT2D eigenvalue weighted by Crippen LogP contribution is 2.28. The summed E-state index contributed by atoms with van der Waals surface area (Å²) in [6.07, 6.45) is 0. The Balaban J connectivity index is 2.22. The van der Waals surface area contributed by atoms with Gasteiger partial charge in [-0.25, -0.2) is 14.2 Å². The molecular weight excluding hydrogens is 340 g/mol. The van der Waals surface area contributed by atoms with Crippen molar-refractivity contribution < 1.29 is 4.92 Å². The molecule has 11 nitrogen and oxygen atoms in total. The van der Waals surface area contributed by atoms with Gasteiger partial charge in [0, 0.05) is 11.0 Å². The molecule has 0 bridgehead atoms. The number of hydrogen-bond acceptors (Lipinski definition) is 6. The van der Waals surface area contributed by atoms with E-state index in [4.69, 9.17) is 5.53 Å². The van der Waals surface area contributed by atoms with Gasteiger partial charge in [0.05, 0.1) is 16.1 Å². The quantitative estimate of drug-likeness (QED) is 0.184. The maximum atomic E-state index is 12.9. The average Bonchev–Trinajstić information content (AvgIpc) is 3.00. The monoisotopic (exact) mass is 348 g/mol. The second-order valence-electron chi connectivity index (χ2n) is 5.22. The normalized spacial score (nSPS) is 10.8. The summed E-state index contributed by atoms with van der Waals surface area (Å²) in [5, 5.41) is 18.9. The number of non-ortho nitro benzene ring substituents is 1. The zero-order valence-electron chi connectivity index (χ0n) is 12.9. The second kappa shape index (κ2) is 5.69. The summed E-state index contributed by atoms with van der Waals surface area (Å²) in [6, 6.07) is 12.8. The van der Waals surface area contributed by atoms with E-state index in [0.717, 1.165) is 9.08 Å². The third-order valence-electron chi connectivity index (χ3n) is 3.77. The van der Waals surface area contributed by atoms with Crippen LogP contribution in [-0.2, 0) is 0 Å². The molecule has 2 aromatic carbocycles. The molecular formula is C15H8N8O3. The van der Waals surface area contributed by atoms with E-state index in [1.807, 2.05) is 0 Å². The zero-order valence-corrected chi connectivity index (χ0v) is 12.9. The molecule has 0 atom stereocenters. The van der Waals surface area contributed by atoms with Crippen LogP contribution in [-0.4, -0.2) is 24.1 Å². The SMILES string of the molecule is [N-]=[N+]=Nc1nc2c([N+](=O)[O-])cccc2n2c(=O)n(-c3ccccc3)nc12. The van der Waals surface area contributed by atoms with Gasteiger partial charge in [-0.1, -0.05) is 24.3 Å². The molecule has 0 amide bonds. The smallest absolute Gasteiger partial charge is 0.258 e. The zero-order chi connectivity index (χ0) is 18.3. The van der Waals surface area contributed by atoms with E-state index in [1.54, 1.807) is 30.3 Å². The van der Waals surface area contributed by atoms with Crippen molar-refractivity contribution in [2.24, 2.45) is 5.11 Å². The number of aromatic nitrogens is 4. The Kier molecular flexibility index (Phi) is 3.34. The Hall–Kier alpha value is -4.24. The lowest BCUT2D eigenvalue weighted by Gasteiger charge is -2.02. The fraction of sp³-hybridized carbons (Fsp3) is 0. The van der Waals surface area contributed by atoms with Crippen molar-refractivity contribution in [2.45, 2.75) is 0 Å². The van der Waals surface area contributed by atoms with E-state index in [2.05, 4.69) is 20.1 Å². The summed E-state index contributed by atoms with van der Waals surface area (Å²) < 4.78 is 2.26. The molecule has 0 aliphatic heterocycles. The predicted molar refractivity (Wildman–Crippen MR) is 91.6 cm³/mol. The molecule has 4 aromatic rings. The van der Waals surface area contributed by atoms with Gasteiger partial charge in [0.25, 0.3) is 5.69 Å². The van der Waals surface area contributed by atoms with E-state index >= 15 is 0 Å². The summed E-state index contributed by atoms with van der Waals surface area (Å²) in [7, 11) is 0. The summed E-state index contributed by atoms with van der Waals surface area (Å²) in [4.78, 5) is 30.3. The van der Waals surface area contributed by atoms with Crippen LogP contribution in [0.2, 0.25) is 0 Å². The summed E-state index contributed by atoms with van der Waals surface area (Å²) in [6.45, 7) is 0. The van der Waals surface area contributed by atoms with Crippen molar-refractivity contribution >= 4 is 28.2 Å². The molecule has 0 saturated heterocycles. The lowest BCUT2D eigenvalue weighted by Crippen LogP contribution is -2.20. The van der Waals surface area contributed by atoms with Gasteiger partial charge < -0.3 is 0 Å². The van der Waals surface area contributed by atoms with Crippen LogP contribution in [0.3, 0.4) is 0 Å². The Morgan fingerprint density at radius 3 is 2.62 bits per heavy atom. The van der Waals surface area contributed by atoms with E-state index < -0.39 is 10.6 Å². The number of azide groups is 1. The summed E-state index contributed by atoms with van der Waals surface area (Å²) in [5.41, 5.74) is 8.54. The molecule has 26 heavy (non-hydrogen) atoms. The van der Waals surface area contributed by atoms with Gasteiger partial charge in [-0.3, -0.25) is 10.1 Å². The van der Waals surface area contributed by atoms with Gasteiger partial charge in [-0.15, -0.1) is 5.10 Å². The lowest BCUT2D eigenvalue weighted by atomic mass is 10.2. The molecule has 2 heterocycles. The third-order valence-corrected chi connectivity index (χ3v) is 3.77. The molecule has 126 valence electrons. The third kappa shape index (κ3) is 2.16. The summed E-state index contributed by atoms with van der Waals surface area (Å²) in [5.74, 6) is -0.221. The lowest BCUT2D eigenvalue weighted by molar-refractivity contribution is -0.383. The topological polar surface area (TPSA) is 144 Å². The molecule has 4 rings (SSSR count). The first kappa shape index (κ1) is 15.3. The van der Waals surface area contributed by atoms with Crippen molar-refractivity contribution in [1.29, 1.82) is 0 Å². The van der Waals surface area contributed by atoms with Gasteiger partial charge in [0.2, 0.25) is 0 Å². The second-order valence-corrected chi connectivity index (χ2v) is 5.22. The van der Waals surface area contributed by atoms with Crippen LogP contribution < -0.4 is 5.69 Å². The molecule has 0 saturated carbocycles. The Morgan fingerprint density at radius 2 is 1.92 bits per heavy atom. The first-order chi connectivity index (χ1) is 12.6. The van der Waals surface area contributed by atoms with Crippen molar-refractivity contribution in [1.82, 2.24) is 19.2 Å². The molecule has 0 N–H and O–H groups in total. The molecule has 2 aromatic heterocycles. The largest absolute Gasteiger partial charge is 0.355 e. The van der Waals surface area contributed by atoms with Crippen LogP contribution >= 0.6 is 0 Å². The van der Waals surface area contributed by atoms with Gasteiger partial charge in [0.15, 0.2) is 17.0 Å². The van der Waals surface area contributed by atoms with Crippen LogP contribution in [0.1, 0.15) is 0 Å². The number of fused-ring (bicyclic) bond motifs is 3. The average molecular weight is 348 g/mol. The first-order valence-electron chi connectivity index (χ1n) is 7.31. The van der Waals surface area contributed by atoms with Crippen molar-refractivity contribution in [3.8, 4) is 5.69 Å². The minimum atomic E-state index is -0.617. The minimum absolute atomic E-state index is 0.00431. The van der Waals surface area contributed by atoms with Crippen LogP contribution in [0.25, 0.3) is 32.8 Å². The maximum Gasteiger partial charge on any atom is 0.355 e. The first-order valence-corrected chi connectivity index (χ1v) is 7.31. The highest BCUT2D eigenvalue weighted by molar-refractivity contribution is 5.88. The Bertz CT molecular complexity index is 1290. The Morgan fingerprint density at radius 1 is 1.15 bits per heavy atom. The van der Waals surface area contributed by atoms with E-state index in [9.17, 15) is 14.9 Å². The number of rotatable bonds is 3. The van der Waals surface area contributed by atoms with Crippen LogP contribution in [0.4, 0.5) is 11.5 Å². The van der Waals surface area contributed by atoms with Crippen molar-refractivity contribution in [3.63, 3.8) is 0 Å². The number of hydrogen-bond donors (Lipinski definition) is 0. The van der Waals surface area contributed by atoms with E-state index in [0.29, 0.717) is 5.69 Å². The molecule has 0 fully saturated rings. The van der Waals surface area contributed by atoms with Crippen LogP contribution in [0.15, 0.2) is 58.4 Å². The number of nitrogens with zero attached hydrogens (tertiary/aromatic N) is 8. The highest BCUT2D eigenvalue weighted by atomic mass is 16.6. The molecule has 11 heteroatoms. The molecule has 0 radical (unpaired) electrons. The molecule has 0 aliphatic carbocycles. The number of para-hydroxylation sites is 2. The molecule has 0 unspecified atom stereocenters. The highest BCUT2D eigenvalue weighted by Gasteiger charge is 2.21. The standard InChI is InChI=1S/C15H8N8O3/c16-20-18-13-14-19-22(9-5-2-1-3-6-9)15(24)21(14)10-7-4-8-11(23(25)26)12(10)17-13/h1-8H. The fourth-order valence-corrected chi connectivity index (χ4v) is 2.69. The van der Waals surface area contributed by atoms with Gasteiger partial charge in [0.1, 0.15) is 0 Å². The number of nitro benzene ring substituents is 1. The van der Waals surface area contributed by atoms with Crippen molar-refractivity contribution in [3.05, 3.63) is 79.6 Å². The van der Waals surface area contributed by atoms with Gasteiger partial charge in [-0.05, 0) is 28.8 Å². The van der Waals surface area contributed by atoms with Crippen LogP contribution in [0, 0.1) is 10.1 Å². The Labute approximate surface area is 143 Å². The number of nitro groups is 1. The molecule has 0 spiro atoms. The number of benzene rings is 2. The van der Waals surface area contributed by atoms with Gasteiger partial charge in [-0.2, -0.15) is 4.68 Å². The minimum Gasteiger partial charge on any atom is -0.258 e. The fourth-order valence-electron chi connectivity index (χ4n) is 2.69. The van der Waals surface area contributed by atoms with Crippen LogP contribution in [0.5, 0.6) is 0 Å². The summed E-state index contributed by atoms with van der Waals surface area (Å²) >= 11 is 0.